The molecular formula is C19H22N2O2. The zero-order valence-electron chi connectivity index (χ0n) is 13.2. The summed E-state index contributed by atoms with van der Waals surface area (Å²) in [4.78, 5) is 18.4. The van der Waals surface area contributed by atoms with E-state index in [0.29, 0.717) is 26.1 Å². The van der Waals surface area contributed by atoms with Crippen LogP contribution in [0.25, 0.3) is 0 Å². The van der Waals surface area contributed by atoms with Crippen molar-refractivity contribution < 1.29 is 9.53 Å². The SMILES string of the molecule is O=C(Cc1cccnc1)N1CCO[C@@H](CCc2ccccc2)C1. The van der Waals surface area contributed by atoms with Gasteiger partial charge in [-0.3, -0.25) is 9.78 Å². The van der Waals surface area contributed by atoms with E-state index in [9.17, 15) is 4.79 Å². The fourth-order valence-electron chi connectivity index (χ4n) is 2.88. The van der Waals surface area contributed by atoms with Crippen molar-refractivity contribution in [2.45, 2.75) is 25.4 Å². The Kier molecular flexibility index (Phi) is 5.37. The van der Waals surface area contributed by atoms with Crippen molar-refractivity contribution in [1.82, 2.24) is 9.88 Å². The summed E-state index contributed by atoms with van der Waals surface area (Å²) in [5.74, 6) is 0.158. The number of pyridine rings is 1. The molecule has 1 fully saturated rings. The van der Waals surface area contributed by atoms with Crippen LogP contribution in [-0.2, 0) is 22.4 Å². The van der Waals surface area contributed by atoms with Gasteiger partial charge in [-0.15, -0.1) is 0 Å². The third-order valence-electron chi connectivity index (χ3n) is 4.17. The van der Waals surface area contributed by atoms with Crippen LogP contribution < -0.4 is 0 Å². The van der Waals surface area contributed by atoms with Crippen molar-refractivity contribution in [3.8, 4) is 0 Å². The molecule has 23 heavy (non-hydrogen) atoms. The lowest BCUT2D eigenvalue weighted by molar-refractivity contribution is -0.138. The number of carbonyl (C=O) groups excluding carboxylic acids is 1. The van der Waals surface area contributed by atoms with Gasteiger partial charge in [-0.2, -0.15) is 0 Å². The Balaban J connectivity index is 1.50. The summed E-state index contributed by atoms with van der Waals surface area (Å²) in [5.41, 5.74) is 2.28. The summed E-state index contributed by atoms with van der Waals surface area (Å²) in [7, 11) is 0. The molecule has 1 aliphatic rings. The summed E-state index contributed by atoms with van der Waals surface area (Å²) in [6.45, 7) is 1.99. The molecule has 0 bridgehead atoms. The van der Waals surface area contributed by atoms with Crippen LogP contribution in [0.15, 0.2) is 54.9 Å². The Hall–Kier alpha value is -2.20. The van der Waals surface area contributed by atoms with Crippen molar-refractivity contribution in [2.24, 2.45) is 0 Å². The van der Waals surface area contributed by atoms with Gasteiger partial charge in [0.2, 0.25) is 5.91 Å². The Morgan fingerprint density at radius 2 is 2.00 bits per heavy atom. The first kappa shape index (κ1) is 15.7. The zero-order valence-corrected chi connectivity index (χ0v) is 13.2. The third-order valence-corrected chi connectivity index (χ3v) is 4.17. The molecule has 4 heteroatoms. The van der Waals surface area contributed by atoms with Crippen LogP contribution in [0.5, 0.6) is 0 Å². The number of hydrogen-bond acceptors (Lipinski definition) is 3. The van der Waals surface area contributed by atoms with E-state index in [1.165, 1.54) is 5.56 Å². The van der Waals surface area contributed by atoms with Crippen LogP contribution in [0.4, 0.5) is 0 Å². The van der Waals surface area contributed by atoms with Crippen LogP contribution in [0.2, 0.25) is 0 Å². The minimum absolute atomic E-state index is 0.127. The number of carbonyl (C=O) groups is 1. The van der Waals surface area contributed by atoms with Crippen LogP contribution in [-0.4, -0.2) is 41.6 Å². The lowest BCUT2D eigenvalue weighted by Gasteiger charge is -2.33. The topological polar surface area (TPSA) is 42.4 Å². The van der Waals surface area contributed by atoms with E-state index >= 15 is 0 Å². The van der Waals surface area contributed by atoms with Gasteiger partial charge in [0.05, 0.1) is 19.1 Å². The molecule has 2 heterocycles. The Bertz CT molecular complexity index is 616. The highest BCUT2D eigenvalue weighted by molar-refractivity contribution is 5.78. The van der Waals surface area contributed by atoms with Crippen LogP contribution in [0.3, 0.4) is 0 Å². The van der Waals surface area contributed by atoms with E-state index < -0.39 is 0 Å². The van der Waals surface area contributed by atoms with Gasteiger partial charge in [-0.1, -0.05) is 36.4 Å². The number of benzene rings is 1. The molecule has 0 aliphatic carbocycles. The fraction of sp³-hybridized carbons (Fsp3) is 0.368. The largest absolute Gasteiger partial charge is 0.375 e. The minimum atomic E-state index is 0.127. The average Bonchev–Trinajstić information content (AvgIpc) is 2.62. The van der Waals surface area contributed by atoms with E-state index in [1.807, 2.05) is 23.1 Å². The number of nitrogens with zero attached hydrogens (tertiary/aromatic N) is 2. The first-order valence-corrected chi connectivity index (χ1v) is 8.13. The molecular weight excluding hydrogens is 288 g/mol. The van der Waals surface area contributed by atoms with Gasteiger partial charge in [-0.25, -0.2) is 0 Å². The van der Waals surface area contributed by atoms with E-state index in [0.717, 1.165) is 18.4 Å². The van der Waals surface area contributed by atoms with Gasteiger partial charge in [0.15, 0.2) is 0 Å². The predicted molar refractivity (Wildman–Crippen MR) is 89.0 cm³/mol. The molecule has 1 aromatic heterocycles. The van der Waals surface area contributed by atoms with Crippen molar-refractivity contribution >= 4 is 5.91 Å². The lowest BCUT2D eigenvalue weighted by Crippen LogP contribution is -2.46. The smallest absolute Gasteiger partial charge is 0.227 e. The highest BCUT2D eigenvalue weighted by atomic mass is 16.5. The second-order valence-corrected chi connectivity index (χ2v) is 5.89. The summed E-state index contributed by atoms with van der Waals surface area (Å²) < 4.78 is 5.82. The molecule has 1 aliphatic heterocycles. The van der Waals surface area contributed by atoms with Gasteiger partial charge in [0, 0.05) is 25.5 Å². The summed E-state index contributed by atoms with van der Waals surface area (Å²) in [6.07, 6.45) is 5.95. The summed E-state index contributed by atoms with van der Waals surface area (Å²) >= 11 is 0. The molecule has 4 nitrogen and oxygen atoms in total. The molecule has 2 aromatic rings. The number of morpholine rings is 1. The number of aryl methyl sites for hydroxylation is 1. The molecule has 1 aromatic carbocycles. The van der Waals surface area contributed by atoms with Crippen molar-refractivity contribution in [2.75, 3.05) is 19.7 Å². The number of hydrogen-bond donors (Lipinski definition) is 0. The molecule has 1 amide bonds. The summed E-state index contributed by atoms with van der Waals surface area (Å²) in [5, 5.41) is 0. The number of rotatable bonds is 5. The predicted octanol–water partition coefficient (Wildman–Crippen LogP) is 2.48. The molecule has 1 saturated heterocycles. The van der Waals surface area contributed by atoms with Gasteiger partial charge < -0.3 is 9.64 Å². The van der Waals surface area contributed by atoms with Gasteiger partial charge in [0.1, 0.15) is 0 Å². The van der Waals surface area contributed by atoms with Crippen LogP contribution in [0, 0.1) is 0 Å². The normalized spacial score (nSPS) is 17.9. The zero-order chi connectivity index (χ0) is 15.9. The van der Waals surface area contributed by atoms with Crippen molar-refractivity contribution in [3.63, 3.8) is 0 Å². The van der Waals surface area contributed by atoms with E-state index in [2.05, 4.69) is 29.2 Å². The van der Waals surface area contributed by atoms with E-state index in [-0.39, 0.29) is 12.0 Å². The molecule has 1 atom stereocenters. The van der Waals surface area contributed by atoms with Crippen LogP contribution >= 0.6 is 0 Å². The first-order chi connectivity index (χ1) is 11.3. The Morgan fingerprint density at radius 3 is 2.78 bits per heavy atom. The fourth-order valence-corrected chi connectivity index (χ4v) is 2.88. The number of ether oxygens (including phenoxy) is 1. The average molecular weight is 310 g/mol. The van der Waals surface area contributed by atoms with E-state index in [4.69, 9.17) is 4.74 Å². The maximum atomic E-state index is 12.4. The maximum absolute atomic E-state index is 12.4. The quantitative estimate of drug-likeness (QED) is 0.852. The van der Waals surface area contributed by atoms with Gasteiger partial charge in [-0.05, 0) is 30.0 Å². The molecule has 0 saturated carbocycles. The Morgan fingerprint density at radius 1 is 1.17 bits per heavy atom. The summed E-state index contributed by atoms with van der Waals surface area (Å²) in [6, 6.07) is 14.2. The lowest BCUT2D eigenvalue weighted by atomic mass is 10.1. The third kappa shape index (κ3) is 4.63. The maximum Gasteiger partial charge on any atom is 0.227 e. The second-order valence-electron chi connectivity index (χ2n) is 5.89. The molecule has 120 valence electrons. The highest BCUT2D eigenvalue weighted by Crippen LogP contribution is 2.14. The van der Waals surface area contributed by atoms with Crippen molar-refractivity contribution in [3.05, 3.63) is 66.0 Å². The molecule has 0 radical (unpaired) electrons. The molecule has 0 unspecified atom stereocenters. The monoisotopic (exact) mass is 310 g/mol. The number of aromatic nitrogens is 1. The molecule has 0 N–H and O–H groups in total. The molecule has 3 rings (SSSR count). The minimum Gasteiger partial charge on any atom is -0.375 e. The van der Waals surface area contributed by atoms with Gasteiger partial charge in [0.25, 0.3) is 0 Å². The first-order valence-electron chi connectivity index (χ1n) is 8.13. The second kappa shape index (κ2) is 7.88. The number of amides is 1. The van der Waals surface area contributed by atoms with E-state index in [1.54, 1.807) is 12.4 Å². The van der Waals surface area contributed by atoms with Crippen LogP contribution in [0.1, 0.15) is 17.5 Å². The standard InChI is InChI=1S/C19H22N2O2/c22-19(13-17-7-4-10-20-14-17)21-11-12-23-18(15-21)9-8-16-5-2-1-3-6-16/h1-7,10,14,18H,8-9,11-13,15H2/t18-/m0/s1. The van der Waals surface area contributed by atoms with Gasteiger partial charge >= 0.3 is 0 Å². The van der Waals surface area contributed by atoms with Crippen molar-refractivity contribution in [1.29, 1.82) is 0 Å². The Labute approximate surface area is 137 Å². The highest BCUT2D eigenvalue weighted by Gasteiger charge is 2.24. The molecule has 0 spiro atoms.